The monoisotopic (exact) mass is 280 g/mol. The topological polar surface area (TPSA) is 15.3 Å². The fourth-order valence-electron chi connectivity index (χ4n) is 3.12. The van der Waals surface area contributed by atoms with E-state index in [-0.39, 0.29) is 0 Å². The maximum absolute atomic E-state index is 3.59. The van der Waals surface area contributed by atoms with Crippen LogP contribution in [0.5, 0.6) is 0 Å². The summed E-state index contributed by atoms with van der Waals surface area (Å²) < 4.78 is 1.20. The standard InChI is InChI=1S/C13H17BrN2/c1-16-8-9-4-5-15-7-12(9)11-6-10(14)2-3-13(11)16/h2-3,6,9,12,15H,4-5,7-8H2,1H3. The van der Waals surface area contributed by atoms with Crippen LogP contribution in [0.25, 0.3) is 0 Å². The number of halogens is 1. The van der Waals surface area contributed by atoms with Crippen molar-refractivity contribution in [2.45, 2.75) is 12.3 Å². The molecule has 0 spiro atoms. The number of rotatable bonds is 0. The van der Waals surface area contributed by atoms with Gasteiger partial charge in [0, 0.05) is 36.2 Å². The number of hydrogen-bond acceptors (Lipinski definition) is 2. The number of fused-ring (bicyclic) bond motifs is 3. The van der Waals surface area contributed by atoms with E-state index in [2.05, 4.69) is 51.4 Å². The molecule has 0 bridgehead atoms. The Bertz CT molecular complexity index is 405. The number of nitrogens with one attached hydrogen (secondary N) is 1. The quantitative estimate of drug-likeness (QED) is 0.786. The highest BCUT2D eigenvalue weighted by atomic mass is 79.9. The second-order valence-corrected chi connectivity index (χ2v) is 5.86. The summed E-state index contributed by atoms with van der Waals surface area (Å²) in [5.74, 6) is 1.53. The first-order chi connectivity index (χ1) is 7.75. The van der Waals surface area contributed by atoms with Crippen LogP contribution in [0.4, 0.5) is 5.69 Å². The smallest absolute Gasteiger partial charge is 0.0400 e. The van der Waals surface area contributed by atoms with Gasteiger partial charge in [-0.15, -0.1) is 0 Å². The lowest BCUT2D eigenvalue weighted by Gasteiger charge is -2.42. The van der Waals surface area contributed by atoms with E-state index in [0.717, 1.165) is 12.5 Å². The lowest BCUT2D eigenvalue weighted by Crippen LogP contribution is -2.44. The number of anilines is 1. The maximum Gasteiger partial charge on any atom is 0.0400 e. The summed E-state index contributed by atoms with van der Waals surface area (Å²) in [6.45, 7) is 3.53. The third-order valence-corrected chi connectivity index (χ3v) is 4.43. The van der Waals surface area contributed by atoms with Crippen LogP contribution in [0.3, 0.4) is 0 Å². The SMILES string of the molecule is CN1CC2CCNCC2c2cc(Br)ccc21. The van der Waals surface area contributed by atoms with Crippen molar-refractivity contribution >= 4 is 21.6 Å². The van der Waals surface area contributed by atoms with Crippen LogP contribution in [-0.2, 0) is 0 Å². The van der Waals surface area contributed by atoms with Gasteiger partial charge in [-0.25, -0.2) is 0 Å². The van der Waals surface area contributed by atoms with E-state index in [1.807, 2.05) is 0 Å². The first kappa shape index (κ1) is 10.6. The molecular weight excluding hydrogens is 264 g/mol. The third kappa shape index (κ3) is 1.66. The summed E-state index contributed by atoms with van der Waals surface area (Å²) in [6.07, 6.45) is 1.31. The molecule has 2 aliphatic rings. The summed E-state index contributed by atoms with van der Waals surface area (Å²) >= 11 is 3.59. The van der Waals surface area contributed by atoms with Crippen LogP contribution >= 0.6 is 15.9 Å². The van der Waals surface area contributed by atoms with Crippen molar-refractivity contribution in [3.63, 3.8) is 0 Å². The van der Waals surface area contributed by atoms with Gasteiger partial charge in [-0.1, -0.05) is 15.9 Å². The Morgan fingerprint density at radius 1 is 1.44 bits per heavy atom. The third-order valence-electron chi connectivity index (χ3n) is 3.93. The van der Waals surface area contributed by atoms with Crippen molar-refractivity contribution in [2.24, 2.45) is 5.92 Å². The largest absolute Gasteiger partial charge is 0.374 e. The average Bonchev–Trinajstić information content (AvgIpc) is 2.29. The Morgan fingerprint density at radius 2 is 2.31 bits per heavy atom. The van der Waals surface area contributed by atoms with Gasteiger partial charge in [0.25, 0.3) is 0 Å². The lowest BCUT2D eigenvalue weighted by atomic mass is 9.78. The van der Waals surface area contributed by atoms with Gasteiger partial charge in [-0.05, 0) is 42.6 Å². The van der Waals surface area contributed by atoms with Gasteiger partial charge >= 0.3 is 0 Å². The van der Waals surface area contributed by atoms with Gasteiger partial charge in [0.2, 0.25) is 0 Å². The highest BCUT2D eigenvalue weighted by molar-refractivity contribution is 9.10. The second kappa shape index (κ2) is 4.04. The number of piperidine rings is 1. The van der Waals surface area contributed by atoms with Crippen molar-refractivity contribution in [2.75, 3.05) is 31.6 Å². The summed E-state index contributed by atoms with van der Waals surface area (Å²) in [5.41, 5.74) is 2.92. The molecule has 86 valence electrons. The van der Waals surface area contributed by atoms with Crippen LogP contribution in [0.15, 0.2) is 22.7 Å². The molecule has 16 heavy (non-hydrogen) atoms. The molecule has 2 aliphatic heterocycles. The van der Waals surface area contributed by atoms with Crippen molar-refractivity contribution in [1.82, 2.24) is 5.32 Å². The van der Waals surface area contributed by atoms with E-state index in [0.29, 0.717) is 5.92 Å². The molecule has 1 aromatic rings. The molecule has 0 radical (unpaired) electrons. The first-order valence-corrected chi connectivity index (χ1v) is 6.76. The van der Waals surface area contributed by atoms with E-state index < -0.39 is 0 Å². The molecule has 2 heterocycles. The Balaban J connectivity index is 2.05. The lowest BCUT2D eigenvalue weighted by molar-refractivity contribution is 0.316. The molecule has 0 aromatic heterocycles. The minimum Gasteiger partial charge on any atom is -0.374 e. The molecule has 0 aliphatic carbocycles. The van der Waals surface area contributed by atoms with E-state index in [9.17, 15) is 0 Å². The minimum atomic E-state index is 0.706. The highest BCUT2D eigenvalue weighted by Gasteiger charge is 2.33. The average molecular weight is 281 g/mol. The summed E-state index contributed by atoms with van der Waals surface area (Å²) in [5, 5.41) is 3.53. The van der Waals surface area contributed by atoms with Gasteiger partial charge in [0.05, 0.1) is 0 Å². The van der Waals surface area contributed by atoms with Gasteiger partial charge in [-0.2, -0.15) is 0 Å². The first-order valence-electron chi connectivity index (χ1n) is 5.97. The van der Waals surface area contributed by atoms with Crippen molar-refractivity contribution in [3.05, 3.63) is 28.2 Å². The molecule has 1 saturated heterocycles. The van der Waals surface area contributed by atoms with E-state index >= 15 is 0 Å². The zero-order valence-electron chi connectivity index (χ0n) is 9.54. The molecule has 1 N–H and O–H groups in total. The van der Waals surface area contributed by atoms with Crippen molar-refractivity contribution < 1.29 is 0 Å². The second-order valence-electron chi connectivity index (χ2n) is 4.94. The minimum absolute atomic E-state index is 0.706. The predicted octanol–water partition coefficient (Wildman–Crippen LogP) is 2.59. The van der Waals surface area contributed by atoms with Crippen molar-refractivity contribution in [1.29, 1.82) is 0 Å². The van der Waals surface area contributed by atoms with E-state index in [1.54, 1.807) is 0 Å². The Morgan fingerprint density at radius 3 is 3.19 bits per heavy atom. The zero-order chi connectivity index (χ0) is 11.1. The fraction of sp³-hybridized carbons (Fsp3) is 0.538. The van der Waals surface area contributed by atoms with Crippen LogP contribution in [-0.4, -0.2) is 26.7 Å². The van der Waals surface area contributed by atoms with Crippen LogP contribution in [0.1, 0.15) is 17.9 Å². The molecule has 2 atom stereocenters. The molecule has 0 amide bonds. The normalized spacial score (nSPS) is 28.5. The maximum atomic E-state index is 3.59. The number of nitrogens with zero attached hydrogens (tertiary/aromatic N) is 1. The molecule has 3 rings (SSSR count). The molecule has 3 heteroatoms. The van der Waals surface area contributed by atoms with E-state index in [1.165, 1.54) is 35.2 Å². The molecule has 0 saturated carbocycles. The van der Waals surface area contributed by atoms with Crippen LogP contribution in [0.2, 0.25) is 0 Å². The predicted molar refractivity (Wildman–Crippen MR) is 71.1 cm³/mol. The number of hydrogen-bond donors (Lipinski definition) is 1. The molecule has 1 fully saturated rings. The van der Waals surface area contributed by atoms with E-state index in [4.69, 9.17) is 0 Å². The van der Waals surface area contributed by atoms with Crippen LogP contribution < -0.4 is 10.2 Å². The Kier molecular flexibility index (Phi) is 2.68. The molecule has 2 nitrogen and oxygen atoms in total. The summed E-state index contributed by atoms with van der Waals surface area (Å²) in [7, 11) is 2.21. The Labute approximate surface area is 105 Å². The summed E-state index contributed by atoms with van der Waals surface area (Å²) in [4.78, 5) is 2.41. The molecule has 2 unspecified atom stereocenters. The van der Waals surface area contributed by atoms with Crippen molar-refractivity contribution in [3.8, 4) is 0 Å². The van der Waals surface area contributed by atoms with Gasteiger partial charge in [0.1, 0.15) is 0 Å². The highest BCUT2D eigenvalue weighted by Crippen LogP contribution is 2.41. The van der Waals surface area contributed by atoms with Gasteiger partial charge < -0.3 is 10.2 Å². The van der Waals surface area contributed by atoms with Gasteiger partial charge in [0.15, 0.2) is 0 Å². The molecule has 1 aromatic carbocycles. The summed E-state index contributed by atoms with van der Waals surface area (Å²) in [6, 6.07) is 6.69. The zero-order valence-corrected chi connectivity index (χ0v) is 11.1. The Hall–Kier alpha value is -0.540. The number of benzene rings is 1. The molecular formula is C13H17BrN2. The fourth-order valence-corrected chi connectivity index (χ4v) is 3.49. The van der Waals surface area contributed by atoms with Crippen LogP contribution in [0, 0.1) is 5.92 Å². The van der Waals surface area contributed by atoms with Gasteiger partial charge in [-0.3, -0.25) is 0 Å².